The molecule has 0 unspecified atom stereocenters. The van der Waals surface area contributed by atoms with Crippen LogP contribution in [0.3, 0.4) is 0 Å². The van der Waals surface area contributed by atoms with Gasteiger partial charge < -0.3 is 21.8 Å². The first-order valence-electron chi connectivity index (χ1n) is 8.61. The van der Waals surface area contributed by atoms with Crippen molar-refractivity contribution in [2.24, 2.45) is 5.73 Å². The van der Waals surface area contributed by atoms with E-state index in [-0.39, 0.29) is 6.04 Å². The molecular weight excluding hydrogens is 272 g/mol. The molecule has 0 bridgehead atoms. The van der Waals surface area contributed by atoms with E-state index in [9.17, 15) is 0 Å². The van der Waals surface area contributed by atoms with E-state index in [0.29, 0.717) is 18.3 Å². The van der Waals surface area contributed by atoms with Crippen LogP contribution >= 0.6 is 0 Å². The predicted molar refractivity (Wildman–Crippen MR) is 93.0 cm³/mol. The average Bonchev–Trinajstić information content (AvgIpc) is 3.39. The van der Waals surface area contributed by atoms with Gasteiger partial charge in [0.1, 0.15) is 0 Å². The van der Waals surface area contributed by atoms with Gasteiger partial charge in [0.2, 0.25) is 0 Å². The zero-order chi connectivity index (χ0) is 15.5. The van der Waals surface area contributed by atoms with Crippen LogP contribution in [0.25, 0.3) is 0 Å². The first kappa shape index (κ1) is 15.5. The van der Waals surface area contributed by atoms with Crippen LogP contribution in [-0.4, -0.2) is 30.9 Å². The van der Waals surface area contributed by atoms with Crippen LogP contribution in [0.5, 0.6) is 0 Å². The molecular formula is C18H28N4. The zero-order valence-electron chi connectivity index (χ0n) is 13.5. The number of nitrogens with two attached hydrogens (primary N) is 1. The van der Waals surface area contributed by atoms with Crippen LogP contribution in [-0.2, 0) is 0 Å². The molecule has 0 amide bonds. The van der Waals surface area contributed by atoms with E-state index in [4.69, 9.17) is 11.1 Å². The normalized spacial score (nSPS) is 19.0. The van der Waals surface area contributed by atoms with E-state index in [1.165, 1.54) is 31.2 Å². The van der Waals surface area contributed by atoms with E-state index in [1.54, 1.807) is 0 Å². The number of anilines is 1. The Kier molecular flexibility index (Phi) is 4.79. The minimum atomic E-state index is 0.106. The summed E-state index contributed by atoms with van der Waals surface area (Å²) in [7, 11) is 0. The van der Waals surface area contributed by atoms with Gasteiger partial charge in [-0.1, -0.05) is 12.1 Å². The van der Waals surface area contributed by atoms with Gasteiger partial charge >= 0.3 is 0 Å². The largest absolute Gasteiger partial charge is 0.384 e. The van der Waals surface area contributed by atoms with Crippen molar-refractivity contribution in [1.29, 1.82) is 5.41 Å². The molecule has 0 spiro atoms. The highest BCUT2D eigenvalue weighted by atomic mass is 15.0. The maximum Gasteiger partial charge on any atom is 0.0573 e. The van der Waals surface area contributed by atoms with Crippen LogP contribution in [0.4, 0.5) is 5.69 Å². The molecule has 1 aromatic carbocycles. The molecule has 2 aliphatic carbocycles. The smallest absolute Gasteiger partial charge is 0.0573 e. The number of hydrogen-bond donors (Lipinski definition) is 4. The first-order chi connectivity index (χ1) is 10.7. The van der Waals surface area contributed by atoms with Crippen LogP contribution in [0.15, 0.2) is 18.2 Å². The summed E-state index contributed by atoms with van der Waals surface area (Å²) in [6.07, 6.45) is 6.06. The molecule has 0 radical (unpaired) electrons. The quantitative estimate of drug-likeness (QED) is 0.418. The number of rotatable bonds is 9. The molecule has 4 heteroatoms. The molecule has 1 atom stereocenters. The molecule has 4 nitrogen and oxygen atoms in total. The molecule has 2 fully saturated rings. The fourth-order valence-corrected chi connectivity index (χ4v) is 2.86. The Hall–Kier alpha value is -1.39. The maximum absolute atomic E-state index is 8.54. The molecule has 0 aromatic heterocycles. The van der Waals surface area contributed by atoms with Gasteiger partial charge in [0.25, 0.3) is 0 Å². The van der Waals surface area contributed by atoms with Gasteiger partial charge in [0.15, 0.2) is 0 Å². The van der Waals surface area contributed by atoms with Gasteiger partial charge in [0.05, 0.1) is 5.71 Å². The Balaban J connectivity index is 1.75. The molecule has 0 aliphatic heterocycles. The molecule has 3 rings (SSSR count). The van der Waals surface area contributed by atoms with E-state index < -0.39 is 0 Å². The zero-order valence-corrected chi connectivity index (χ0v) is 13.5. The highest BCUT2D eigenvalue weighted by Gasteiger charge is 2.27. The lowest BCUT2D eigenvalue weighted by molar-refractivity contribution is 0.651. The van der Waals surface area contributed by atoms with Gasteiger partial charge in [-0.3, -0.25) is 0 Å². The van der Waals surface area contributed by atoms with E-state index in [1.807, 2.05) is 0 Å². The standard InChI is InChI=1S/C18H28N4/c1-12(22-15-6-7-15)18(20)16-8-5-14(13-3-4-13)11-17(16)21-10-2-9-19/h5,8,11-13,15,20-22H,2-4,6-7,9-10,19H2,1H3/t12-/m1/s1. The van der Waals surface area contributed by atoms with Crippen LogP contribution in [0, 0.1) is 5.41 Å². The van der Waals surface area contributed by atoms with Gasteiger partial charge in [-0.25, -0.2) is 0 Å². The summed E-state index contributed by atoms with van der Waals surface area (Å²) in [6, 6.07) is 7.32. The molecule has 5 N–H and O–H groups in total. The summed E-state index contributed by atoms with van der Waals surface area (Å²) < 4.78 is 0. The number of hydrogen-bond acceptors (Lipinski definition) is 4. The molecule has 22 heavy (non-hydrogen) atoms. The Morgan fingerprint density at radius 3 is 2.73 bits per heavy atom. The van der Waals surface area contributed by atoms with Gasteiger partial charge in [-0.15, -0.1) is 0 Å². The minimum absolute atomic E-state index is 0.106. The van der Waals surface area contributed by atoms with Crippen molar-refractivity contribution in [2.75, 3.05) is 18.4 Å². The van der Waals surface area contributed by atoms with Gasteiger partial charge in [-0.2, -0.15) is 0 Å². The van der Waals surface area contributed by atoms with E-state index >= 15 is 0 Å². The van der Waals surface area contributed by atoms with Crippen molar-refractivity contribution in [3.63, 3.8) is 0 Å². The number of benzene rings is 1. The summed E-state index contributed by atoms with van der Waals surface area (Å²) in [6.45, 7) is 3.66. The predicted octanol–water partition coefficient (Wildman–Crippen LogP) is 2.83. The molecule has 0 heterocycles. The maximum atomic E-state index is 8.54. The molecule has 2 aliphatic rings. The van der Waals surface area contributed by atoms with Crippen molar-refractivity contribution in [1.82, 2.24) is 5.32 Å². The summed E-state index contributed by atoms with van der Waals surface area (Å²) in [5.41, 5.74) is 9.83. The lowest BCUT2D eigenvalue weighted by atomic mass is 9.98. The Morgan fingerprint density at radius 2 is 2.09 bits per heavy atom. The molecule has 0 saturated heterocycles. The third-order valence-corrected chi connectivity index (χ3v) is 4.57. The van der Waals surface area contributed by atoms with Gasteiger partial charge in [-0.05, 0) is 63.1 Å². The van der Waals surface area contributed by atoms with Crippen molar-refractivity contribution >= 4 is 11.4 Å². The van der Waals surface area contributed by atoms with E-state index in [2.05, 4.69) is 35.8 Å². The summed E-state index contributed by atoms with van der Waals surface area (Å²) >= 11 is 0. The van der Waals surface area contributed by atoms with Crippen molar-refractivity contribution in [2.45, 2.75) is 57.0 Å². The molecule has 2 saturated carbocycles. The van der Waals surface area contributed by atoms with Crippen LogP contribution in [0.2, 0.25) is 0 Å². The summed E-state index contributed by atoms with van der Waals surface area (Å²) in [5, 5.41) is 15.6. The van der Waals surface area contributed by atoms with Crippen LogP contribution in [0.1, 0.15) is 56.1 Å². The summed E-state index contributed by atoms with van der Waals surface area (Å²) in [5.74, 6) is 0.736. The number of nitrogens with one attached hydrogen (secondary N) is 3. The van der Waals surface area contributed by atoms with Crippen LogP contribution < -0.4 is 16.4 Å². The lowest BCUT2D eigenvalue weighted by Crippen LogP contribution is -2.35. The molecule has 120 valence electrons. The Bertz CT molecular complexity index is 532. The Labute approximate surface area is 133 Å². The monoisotopic (exact) mass is 300 g/mol. The van der Waals surface area contributed by atoms with Gasteiger partial charge in [0, 0.05) is 29.9 Å². The second-order valence-electron chi connectivity index (χ2n) is 6.72. The highest BCUT2D eigenvalue weighted by molar-refractivity contribution is 6.06. The first-order valence-corrected chi connectivity index (χ1v) is 8.61. The van der Waals surface area contributed by atoms with E-state index in [0.717, 1.165) is 30.1 Å². The van der Waals surface area contributed by atoms with Crippen molar-refractivity contribution in [3.05, 3.63) is 29.3 Å². The topological polar surface area (TPSA) is 73.9 Å². The molecule has 1 aromatic rings. The Morgan fingerprint density at radius 1 is 1.32 bits per heavy atom. The highest BCUT2D eigenvalue weighted by Crippen LogP contribution is 2.41. The lowest BCUT2D eigenvalue weighted by Gasteiger charge is -2.19. The SMILES string of the molecule is C[C@@H](NC1CC1)C(=N)c1ccc(C2CC2)cc1NCCCN. The second-order valence-corrected chi connectivity index (χ2v) is 6.72. The van der Waals surface area contributed by atoms with Crippen molar-refractivity contribution < 1.29 is 0 Å². The average molecular weight is 300 g/mol. The fourth-order valence-electron chi connectivity index (χ4n) is 2.86. The third kappa shape index (κ3) is 3.87. The third-order valence-electron chi connectivity index (χ3n) is 4.57. The minimum Gasteiger partial charge on any atom is -0.384 e. The van der Waals surface area contributed by atoms with Crippen molar-refractivity contribution in [3.8, 4) is 0 Å². The second kappa shape index (κ2) is 6.80. The fraction of sp³-hybridized carbons (Fsp3) is 0.611. The summed E-state index contributed by atoms with van der Waals surface area (Å²) in [4.78, 5) is 0.